The summed E-state index contributed by atoms with van der Waals surface area (Å²) in [5.41, 5.74) is 9.45. The van der Waals surface area contributed by atoms with Crippen molar-refractivity contribution in [3.63, 3.8) is 0 Å². The van der Waals surface area contributed by atoms with Gasteiger partial charge in [-0.25, -0.2) is 5.06 Å². The van der Waals surface area contributed by atoms with E-state index in [-0.39, 0.29) is 5.91 Å². The molecule has 0 saturated heterocycles. The number of nitrogens with zero attached hydrogens (tertiary/aromatic N) is 1. The monoisotopic (exact) mass is 210 g/mol. The summed E-state index contributed by atoms with van der Waals surface area (Å²) in [6.07, 6.45) is 0. The molecule has 1 rings (SSSR count). The zero-order valence-corrected chi connectivity index (χ0v) is 8.65. The van der Waals surface area contributed by atoms with Gasteiger partial charge in [-0.3, -0.25) is 15.5 Å². The fourth-order valence-corrected chi connectivity index (χ4v) is 1.08. The molecule has 0 unspecified atom stereocenters. The molecule has 0 aliphatic rings. The number of hydrogen-bond acceptors (Lipinski definition) is 5. The van der Waals surface area contributed by atoms with Crippen LogP contribution in [0.4, 0.5) is 11.4 Å². The first-order valence-electron chi connectivity index (χ1n) is 4.28. The lowest BCUT2D eigenvalue weighted by molar-refractivity contribution is -0.0756. The van der Waals surface area contributed by atoms with Gasteiger partial charge in [0, 0.05) is 12.6 Å². The largest absolute Gasteiger partial charge is 0.397 e. The maximum absolute atomic E-state index is 11.6. The summed E-state index contributed by atoms with van der Waals surface area (Å²) in [6.45, 7) is 0. The lowest BCUT2D eigenvalue weighted by Crippen LogP contribution is -2.25. The van der Waals surface area contributed by atoms with E-state index >= 15 is 0 Å². The highest BCUT2D eigenvalue weighted by Crippen LogP contribution is 2.19. The van der Waals surface area contributed by atoms with Crippen LogP contribution in [0.3, 0.4) is 0 Å². The summed E-state index contributed by atoms with van der Waals surface area (Å²) >= 11 is 0. The van der Waals surface area contributed by atoms with Crippen molar-refractivity contribution in [2.75, 3.05) is 25.3 Å². The van der Waals surface area contributed by atoms with Crippen LogP contribution in [0.2, 0.25) is 0 Å². The molecule has 6 nitrogen and oxygen atoms in total. The maximum Gasteiger partial charge on any atom is 0.277 e. The lowest BCUT2D eigenvalue weighted by Gasteiger charge is -2.14. The third kappa shape index (κ3) is 2.36. The number of nitrogens with one attached hydrogen (secondary N) is 1. The predicted octanol–water partition coefficient (Wildman–Crippen LogP) is 0.188. The summed E-state index contributed by atoms with van der Waals surface area (Å²) in [5.74, 6) is 4.97. The number of anilines is 2. The second-order valence-corrected chi connectivity index (χ2v) is 2.93. The zero-order valence-electron chi connectivity index (χ0n) is 8.65. The van der Waals surface area contributed by atoms with Crippen LogP contribution in [-0.2, 0) is 4.84 Å². The highest BCUT2D eigenvalue weighted by molar-refractivity contribution is 5.95. The fraction of sp³-hybridized carbons (Fsp3) is 0.222. The van der Waals surface area contributed by atoms with Crippen LogP contribution in [-0.4, -0.2) is 25.1 Å². The van der Waals surface area contributed by atoms with Gasteiger partial charge in [-0.15, -0.1) is 0 Å². The molecule has 1 aromatic carbocycles. The molecule has 0 heterocycles. The van der Waals surface area contributed by atoms with E-state index in [4.69, 9.17) is 16.4 Å². The quantitative estimate of drug-likeness (QED) is 0.376. The van der Waals surface area contributed by atoms with Crippen LogP contribution in [0.15, 0.2) is 18.2 Å². The van der Waals surface area contributed by atoms with Crippen molar-refractivity contribution < 1.29 is 9.63 Å². The maximum atomic E-state index is 11.6. The van der Waals surface area contributed by atoms with Gasteiger partial charge in [0.1, 0.15) is 0 Å². The van der Waals surface area contributed by atoms with Gasteiger partial charge < -0.3 is 11.2 Å². The first kappa shape index (κ1) is 11.3. The van der Waals surface area contributed by atoms with Gasteiger partial charge in [-0.2, -0.15) is 0 Å². The van der Waals surface area contributed by atoms with Crippen molar-refractivity contribution in [2.24, 2.45) is 5.84 Å². The summed E-state index contributed by atoms with van der Waals surface area (Å²) < 4.78 is 0. The van der Waals surface area contributed by atoms with Gasteiger partial charge in [0.05, 0.1) is 18.5 Å². The Kier molecular flexibility index (Phi) is 3.48. The molecule has 0 aliphatic carbocycles. The third-order valence-electron chi connectivity index (χ3n) is 2.02. The minimum atomic E-state index is -0.269. The number of rotatable bonds is 3. The summed E-state index contributed by atoms with van der Waals surface area (Å²) in [6, 6.07) is 4.77. The number of benzene rings is 1. The van der Waals surface area contributed by atoms with Crippen molar-refractivity contribution >= 4 is 17.3 Å². The minimum Gasteiger partial charge on any atom is -0.397 e. The normalized spacial score (nSPS) is 9.80. The Morgan fingerprint density at radius 3 is 2.73 bits per heavy atom. The van der Waals surface area contributed by atoms with E-state index in [2.05, 4.69) is 5.43 Å². The van der Waals surface area contributed by atoms with E-state index in [0.717, 1.165) is 5.06 Å². The van der Waals surface area contributed by atoms with E-state index < -0.39 is 0 Å². The van der Waals surface area contributed by atoms with E-state index in [9.17, 15) is 4.79 Å². The average Bonchev–Trinajstić information content (AvgIpc) is 2.27. The fourth-order valence-electron chi connectivity index (χ4n) is 1.08. The molecule has 15 heavy (non-hydrogen) atoms. The van der Waals surface area contributed by atoms with Crippen molar-refractivity contribution in [2.45, 2.75) is 0 Å². The van der Waals surface area contributed by atoms with Crippen LogP contribution < -0.4 is 17.0 Å². The molecule has 0 spiro atoms. The Labute approximate surface area is 87.7 Å². The number of amides is 1. The standard InChI is InChI=1S/C9H14N4O2/c1-13(15-2)9(14)6-3-4-7(10)8(5-6)12-11/h3-5,12H,10-11H2,1-2H3. The number of carbonyl (C=O) groups excluding carboxylic acids is 1. The topological polar surface area (TPSA) is 93.6 Å². The molecule has 1 aromatic rings. The number of carbonyl (C=O) groups is 1. The first-order valence-corrected chi connectivity index (χ1v) is 4.28. The van der Waals surface area contributed by atoms with Gasteiger partial charge in [-0.05, 0) is 18.2 Å². The summed E-state index contributed by atoms with van der Waals surface area (Å²) in [5, 5.41) is 1.12. The van der Waals surface area contributed by atoms with Gasteiger partial charge in [-0.1, -0.05) is 0 Å². The van der Waals surface area contributed by atoms with Gasteiger partial charge in [0.15, 0.2) is 0 Å². The van der Waals surface area contributed by atoms with Crippen molar-refractivity contribution in [3.8, 4) is 0 Å². The SMILES string of the molecule is CON(C)C(=O)c1ccc(N)c(NN)c1. The third-order valence-corrected chi connectivity index (χ3v) is 2.02. The number of hydrazine groups is 1. The van der Waals surface area contributed by atoms with Gasteiger partial charge in [0.2, 0.25) is 0 Å². The van der Waals surface area contributed by atoms with E-state index in [1.165, 1.54) is 14.2 Å². The van der Waals surface area contributed by atoms with Crippen LogP contribution in [0.5, 0.6) is 0 Å². The minimum absolute atomic E-state index is 0.269. The highest BCUT2D eigenvalue weighted by Gasteiger charge is 2.12. The molecule has 0 fully saturated rings. The van der Waals surface area contributed by atoms with Crippen LogP contribution >= 0.6 is 0 Å². The predicted molar refractivity (Wildman–Crippen MR) is 57.8 cm³/mol. The second kappa shape index (κ2) is 4.63. The Morgan fingerprint density at radius 2 is 2.20 bits per heavy atom. The van der Waals surface area contributed by atoms with Crippen molar-refractivity contribution in [3.05, 3.63) is 23.8 Å². The molecule has 82 valence electrons. The van der Waals surface area contributed by atoms with E-state index in [0.29, 0.717) is 16.9 Å². The molecule has 6 heteroatoms. The molecular formula is C9H14N4O2. The Morgan fingerprint density at radius 1 is 1.53 bits per heavy atom. The highest BCUT2D eigenvalue weighted by atomic mass is 16.7. The molecule has 0 radical (unpaired) electrons. The molecule has 0 aliphatic heterocycles. The number of nitrogen functional groups attached to an aromatic ring is 2. The smallest absolute Gasteiger partial charge is 0.277 e. The van der Waals surface area contributed by atoms with Crippen LogP contribution in [0.1, 0.15) is 10.4 Å². The number of nitrogens with two attached hydrogens (primary N) is 2. The van der Waals surface area contributed by atoms with Crippen molar-refractivity contribution in [1.82, 2.24) is 5.06 Å². The number of hydroxylamine groups is 2. The van der Waals surface area contributed by atoms with Crippen molar-refractivity contribution in [1.29, 1.82) is 0 Å². The number of hydrogen-bond donors (Lipinski definition) is 3. The van der Waals surface area contributed by atoms with Gasteiger partial charge in [0.25, 0.3) is 5.91 Å². The Balaban J connectivity index is 3.01. The molecule has 0 aromatic heterocycles. The average molecular weight is 210 g/mol. The molecule has 1 amide bonds. The molecule has 0 atom stereocenters. The summed E-state index contributed by atoms with van der Waals surface area (Å²) in [7, 11) is 2.94. The molecule has 0 bridgehead atoms. The van der Waals surface area contributed by atoms with Crippen LogP contribution in [0.25, 0.3) is 0 Å². The van der Waals surface area contributed by atoms with Gasteiger partial charge >= 0.3 is 0 Å². The molecule has 5 N–H and O–H groups in total. The molecular weight excluding hydrogens is 196 g/mol. The van der Waals surface area contributed by atoms with E-state index in [1.807, 2.05) is 0 Å². The van der Waals surface area contributed by atoms with Crippen LogP contribution in [0, 0.1) is 0 Å². The lowest BCUT2D eigenvalue weighted by atomic mass is 10.1. The molecule has 0 saturated carbocycles. The summed E-state index contributed by atoms with van der Waals surface area (Å²) in [4.78, 5) is 16.4. The first-order chi connectivity index (χ1) is 7.10. The van der Waals surface area contributed by atoms with E-state index in [1.54, 1.807) is 18.2 Å². The Hall–Kier alpha value is -1.79. The zero-order chi connectivity index (χ0) is 11.4. The Bertz CT molecular complexity index is 367. The second-order valence-electron chi connectivity index (χ2n) is 2.93.